The van der Waals surface area contributed by atoms with E-state index in [1.165, 1.54) is 0 Å². The molecular formula is C17H27N3O2. The van der Waals surface area contributed by atoms with Crippen molar-refractivity contribution in [3.63, 3.8) is 0 Å². The number of hydrogen-bond acceptors (Lipinski definition) is 3. The van der Waals surface area contributed by atoms with Crippen LogP contribution in [0.2, 0.25) is 0 Å². The molecule has 0 aliphatic heterocycles. The molecule has 0 saturated heterocycles. The van der Waals surface area contributed by atoms with Crippen molar-refractivity contribution in [2.45, 2.75) is 47.1 Å². The van der Waals surface area contributed by atoms with E-state index in [0.717, 1.165) is 24.3 Å². The van der Waals surface area contributed by atoms with Crippen LogP contribution in [-0.2, 0) is 9.59 Å². The van der Waals surface area contributed by atoms with E-state index < -0.39 is 17.4 Å². The summed E-state index contributed by atoms with van der Waals surface area (Å²) in [4.78, 5) is 26.0. The summed E-state index contributed by atoms with van der Waals surface area (Å²) < 4.78 is 0. The van der Waals surface area contributed by atoms with Crippen molar-refractivity contribution in [1.82, 2.24) is 5.32 Å². The Morgan fingerprint density at radius 1 is 1.09 bits per heavy atom. The molecule has 1 aromatic carbocycles. The van der Waals surface area contributed by atoms with Crippen LogP contribution in [0.25, 0.3) is 0 Å². The minimum Gasteiger partial charge on any atom is -0.372 e. The lowest BCUT2D eigenvalue weighted by molar-refractivity contribution is -0.137. The zero-order valence-corrected chi connectivity index (χ0v) is 14.4. The van der Waals surface area contributed by atoms with Gasteiger partial charge in [0.15, 0.2) is 0 Å². The first-order valence-electron chi connectivity index (χ1n) is 7.67. The molecule has 0 aliphatic rings. The first-order chi connectivity index (χ1) is 10.2. The summed E-state index contributed by atoms with van der Waals surface area (Å²) in [6.07, 6.45) is 0. The third-order valence-corrected chi connectivity index (χ3v) is 3.28. The van der Waals surface area contributed by atoms with E-state index in [1.54, 1.807) is 0 Å². The Balaban J connectivity index is 2.82. The van der Waals surface area contributed by atoms with Gasteiger partial charge in [0.1, 0.15) is 0 Å². The van der Waals surface area contributed by atoms with E-state index in [9.17, 15) is 9.59 Å². The highest BCUT2D eigenvalue weighted by Crippen LogP contribution is 2.22. The van der Waals surface area contributed by atoms with Crippen LogP contribution < -0.4 is 15.5 Å². The van der Waals surface area contributed by atoms with Crippen LogP contribution >= 0.6 is 0 Å². The fourth-order valence-corrected chi connectivity index (χ4v) is 2.15. The Bertz CT molecular complexity index is 543. The normalized spacial score (nSPS) is 11.0. The first kappa shape index (κ1) is 18.0. The van der Waals surface area contributed by atoms with Crippen LogP contribution in [0.1, 0.15) is 40.2 Å². The molecule has 22 heavy (non-hydrogen) atoms. The van der Waals surface area contributed by atoms with Crippen LogP contribution in [0, 0.1) is 6.92 Å². The predicted octanol–water partition coefficient (Wildman–Crippen LogP) is 2.69. The molecule has 0 aromatic heterocycles. The largest absolute Gasteiger partial charge is 0.372 e. The molecule has 0 atom stereocenters. The van der Waals surface area contributed by atoms with E-state index in [4.69, 9.17) is 0 Å². The molecule has 0 radical (unpaired) electrons. The molecule has 122 valence electrons. The second-order valence-electron chi connectivity index (χ2n) is 6.33. The van der Waals surface area contributed by atoms with Crippen LogP contribution in [0.15, 0.2) is 18.2 Å². The second-order valence-corrected chi connectivity index (χ2v) is 6.33. The lowest BCUT2D eigenvalue weighted by atomic mass is 10.1. The molecule has 5 heteroatoms. The average Bonchev–Trinajstić information content (AvgIpc) is 2.41. The third-order valence-electron chi connectivity index (χ3n) is 3.28. The zero-order chi connectivity index (χ0) is 16.9. The highest BCUT2D eigenvalue weighted by molar-refractivity contribution is 6.39. The average molecular weight is 305 g/mol. The molecule has 2 N–H and O–H groups in total. The van der Waals surface area contributed by atoms with Crippen LogP contribution in [0.4, 0.5) is 11.4 Å². The van der Waals surface area contributed by atoms with E-state index in [1.807, 2.05) is 45.9 Å². The Hall–Kier alpha value is -2.04. The molecule has 0 unspecified atom stereocenters. The van der Waals surface area contributed by atoms with Gasteiger partial charge in [-0.1, -0.05) is 0 Å². The van der Waals surface area contributed by atoms with Gasteiger partial charge in [-0.15, -0.1) is 0 Å². The minimum atomic E-state index is -0.645. The smallest absolute Gasteiger partial charge is 0.313 e. The van der Waals surface area contributed by atoms with Gasteiger partial charge in [-0.3, -0.25) is 9.59 Å². The number of aryl methyl sites for hydroxylation is 1. The number of nitrogens with zero attached hydrogens (tertiary/aromatic N) is 1. The van der Waals surface area contributed by atoms with Gasteiger partial charge in [0, 0.05) is 30.0 Å². The monoisotopic (exact) mass is 305 g/mol. The SMILES string of the molecule is CCN(CC)c1ccc(NC(=O)C(=O)NC(C)(C)C)c(C)c1. The summed E-state index contributed by atoms with van der Waals surface area (Å²) in [5, 5.41) is 5.31. The molecule has 1 rings (SSSR count). The van der Waals surface area contributed by atoms with Crippen molar-refractivity contribution < 1.29 is 9.59 Å². The van der Waals surface area contributed by atoms with Gasteiger partial charge in [-0.25, -0.2) is 0 Å². The quantitative estimate of drug-likeness (QED) is 0.841. The maximum Gasteiger partial charge on any atom is 0.313 e. The fourth-order valence-electron chi connectivity index (χ4n) is 2.15. The van der Waals surface area contributed by atoms with Crippen LogP contribution in [-0.4, -0.2) is 30.4 Å². The van der Waals surface area contributed by atoms with Gasteiger partial charge in [-0.2, -0.15) is 0 Å². The van der Waals surface area contributed by atoms with Crippen LogP contribution in [0.3, 0.4) is 0 Å². The van der Waals surface area contributed by atoms with Gasteiger partial charge in [0.2, 0.25) is 0 Å². The molecule has 0 fully saturated rings. The summed E-state index contributed by atoms with van der Waals surface area (Å²) >= 11 is 0. The third kappa shape index (κ3) is 5.06. The van der Waals surface area contributed by atoms with E-state index >= 15 is 0 Å². The highest BCUT2D eigenvalue weighted by atomic mass is 16.2. The standard InChI is InChI=1S/C17H27N3O2/c1-7-20(8-2)13-9-10-14(12(3)11-13)18-15(21)16(22)19-17(4,5)6/h9-11H,7-8H2,1-6H3,(H,18,21)(H,19,22). The summed E-state index contributed by atoms with van der Waals surface area (Å²) in [5.74, 6) is -1.27. The number of carbonyl (C=O) groups is 2. The van der Waals surface area contributed by atoms with Gasteiger partial charge in [-0.05, 0) is 65.3 Å². The summed E-state index contributed by atoms with van der Waals surface area (Å²) in [5.41, 5.74) is 2.27. The van der Waals surface area contributed by atoms with E-state index in [0.29, 0.717) is 5.69 Å². The van der Waals surface area contributed by atoms with Gasteiger partial charge < -0.3 is 15.5 Å². The lowest BCUT2D eigenvalue weighted by Crippen LogP contribution is -2.46. The Morgan fingerprint density at radius 3 is 2.14 bits per heavy atom. The maximum atomic E-state index is 11.9. The van der Waals surface area contributed by atoms with E-state index in [-0.39, 0.29) is 0 Å². The van der Waals surface area contributed by atoms with Crippen molar-refractivity contribution >= 4 is 23.2 Å². The van der Waals surface area contributed by atoms with Crippen LogP contribution in [0.5, 0.6) is 0 Å². The molecule has 0 saturated carbocycles. The summed E-state index contributed by atoms with van der Waals surface area (Å²) in [7, 11) is 0. The number of rotatable bonds is 4. The topological polar surface area (TPSA) is 61.4 Å². The highest BCUT2D eigenvalue weighted by Gasteiger charge is 2.20. The van der Waals surface area contributed by atoms with E-state index in [2.05, 4.69) is 29.4 Å². The number of anilines is 2. The van der Waals surface area contributed by atoms with Crippen molar-refractivity contribution in [1.29, 1.82) is 0 Å². The number of carbonyl (C=O) groups excluding carboxylic acids is 2. The molecule has 0 heterocycles. The predicted molar refractivity (Wildman–Crippen MR) is 91.3 cm³/mol. The minimum absolute atomic E-state index is 0.434. The fraction of sp³-hybridized carbons (Fsp3) is 0.529. The Morgan fingerprint density at radius 2 is 1.68 bits per heavy atom. The molecule has 0 bridgehead atoms. The first-order valence-corrected chi connectivity index (χ1v) is 7.67. The Kier molecular flexibility index (Phi) is 5.97. The number of amides is 2. The molecule has 5 nitrogen and oxygen atoms in total. The molecule has 1 aromatic rings. The summed E-state index contributed by atoms with van der Waals surface area (Å²) in [6, 6.07) is 5.81. The van der Waals surface area contributed by atoms with Crippen molar-refractivity contribution in [3.8, 4) is 0 Å². The lowest BCUT2D eigenvalue weighted by Gasteiger charge is -2.22. The number of nitrogens with one attached hydrogen (secondary N) is 2. The summed E-state index contributed by atoms with van der Waals surface area (Å²) in [6.45, 7) is 13.5. The Labute approximate surface area is 133 Å². The van der Waals surface area contributed by atoms with Crippen molar-refractivity contribution in [3.05, 3.63) is 23.8 Å². The second kappa shape index (κ2) is 7.29. The van der Waals surface area contributed by atoms with Crippen molar-refractivity contribution in [2.75, 3.05) is 23.3 Å². The number of hydrogen-bond donors (Lipinski definition) is 2. The molecular weight excluding hydrogens is 278 g/mol. The van der Waals surface area contributed by atoms with Gasteiger partial charge >= 0.3 is 11.8 Å². The zero-order valence-electron chi connectivity index (χ0n) is 14.4. The molecule has 2 amide bonds. The van der Waals surface area contributed by atoms with Gasteiger partial charge in [0.25, 0.3) is 0 Å². The van der Waals surface area contributed by atoms with Crippen molar-refractivity contribution in [2.24, 2.45) is 0 Å². The molecule has 0 spiro atoms. The number of benzene rings is 1. The molecule has 0 aliphatic carbocycles. The van der Waals surface area contributed by atoms with Gasteiger partial charge in [0.05, 0.1) is 0 Å². The maximum absolute atomic E-state index is 11.9.